The highest BCUT2D eigenvalue weighted by molar-refractivity contribution is 5.69. The van der Waals surface area contributed by atoms with Crippen LogP contribution < -0.4 is 5.73 Å². The molecule has 0 aromatic rings. The van der Waals surface area contributed by atoms with Gasteiger partial charge in [-0.25, -0.2) is 4.79 Å². The van der Waals surface area contributed by atoms with Gasteiger partial charge in [-0.1, -0.05) is 20.8 Å². The van der Waals surface area contributed by atoms with Gasteiger partial charge in [0.2, 0.25) is 0 Å². The Morgan fingerprint density at radius 2 is 1.95 bits per heavy atom. The number of hydrogen-bond donors (Lipinski definition) is 2. The van der Waals surface area contributed by atoms with Gasteiger partial charge in [0.1, 0.15) is 5.60 Å². The number of amides is 1. The van der Waals surface area contributed by atoms with E-state index in [1.165, 1.54) is 0 Å². The monoisotopic (exact) mass is 300 g/mol. The molecule has 2 unspecified atom stereocenters. The van der Waals surface area contributed by atoms with Gasteiger partial charge in [0.05, 0.1) is 6.61 Å². The fourth-order valence-electron chi connectivity index (χ4n) is 2.88. The van der Waals surface area contributed by atoms with Crippen molar-refractivity contribution in [1.29, 1.82) is 0 Å². The molecule has 1 amide bonds. The van der Waals surface area contributed by atoms with Crippen molar-refractivity contribution in [3.8, 4) is 0 Å². The molecule has 124 valence electrons. The third-order valence-electron chi connectivity index (χ3n) is 4.33. The Hall–Kier alpha value is -0.810. The van der Waals surface area contributed by atoms with Gasteiger partial charge in [-0.05, 0) is 39.0 Å². The molecule has 0 radical (unpaired) electrons. The summed E-state index contributed by atoms with van der Waals surface area (Å²) >= 11 is 0. The van der Waals surface area contributed by atoms with E-state index in [0.717, 1.165) is 12.8 Å². The molecule has 1 fully saturated rings. The van der Waals surface area contributed by atoms with Crippen molar-refractivity contribution in [3.63, 3.8) is 0 Å². The van der Waals surface area contributed by atoms with Crippen LogP contribution in [0.4, 0.5) is 4.79 Å². The Kier molecular flexibility index (Phi) is 5.32. The maximum absolute atomic E-state index is 12.6. The first-order chi connectivity index (χ1) is 9.44. The van der Waals surface area contributed by atoms with E-state index in [1.54, 1.807) is 4.90 Å². The fraction of sp³-hybridized carbons (Fsp3) is 0.938. The van der Waals surface area contributed by atoms with Crippen molar-refractivity contribution in [3.05, 3.63) is 0 Å². The molecular weight excluding hydrogens is 268 g/mol. The molecule has 0 bridgehead atoms. The number of hydrogen-bond acceptors (Lipinski definition) is 4. The van der Waals surface area contributed by atoms with Crippen molar-refractivity contribution >= 4 is 6.09 Å². The lowest BCUT2D eigenvalue weighted by molar-refractivity contribution is -0.0453. The van der Waals surface area contributed by atoms with Crippen LogP contribution in [0.25, 0.3) is 0 Å². The molecule has 0 saturated carbocycles. The number of rotatable bonds is 3. The molecule has 2 atom stereocenters. The molecule has 1 heterocycles. The zero-order valence-electron chi connectivity index (χ0n) is 14.4. The predicted octanol–water partition coefficient (Wildman–Crippen LogP) is 2.37. The van der Waals surface area contributed by atoms with Crippen molar-refractivity contribution < 1.29 is 14.6 Å². The van der Waals surface area contributed by atoms with Crippen LogP contribution in [0.5, 0.6) is 0 Å². The van der Waals surface area contributed by atoms with E-state index in [2.05, 4.69) is 13.8 Å². The Morgan fingerprint density at radius 3 is 2.38 bits per heavy atom. The number of likely N-dealkylation sites (tertiary alicyclic amines) is 1. The molecule has 0 spiro atoms. The first-order valence-corrected chi connectivity index (χ1v) is 7.75. The summed E-state index contributed by atoms with van der Waals surface area (Å²) in [6, 6.07) is -0.0876. The van der Waals surface area contributed by atoms with Crippen LogP contribution in [0.1, 0.15) is 54.4 Å². The number of piperidine rings is 1. The van der Waals surface area contributed by atoms with E-state index in [0.29, 0.717) is 13.1 Å². The highest BCUT2D eigenvalue weighted by atomic mass is 16.6. The minimum atomic E-state index is -0.526. The summed E-state index contributed by atoms with van der Waals surface area (Å²) in [5, 5.41) is 9.74. The molecule has 1 saturated heterocycles. The number of nitrogens with zero attached hydrogens (tertiary/aromatic N) is 1. The summed E-state index contributed by atoms with van der Waals surface area (Å²) in [6.07, 6.45) is 1.53. The standard InChI is InChI=1S/C16H32N2O3/c1-14(2,3)21-13(20)18-10-15(4,5)8-7-12(18)16(6,9-17)11-19/h12,19H,7-11,17H2,1-6H3. The van der Waals surface area contributed by atoms with Gasteiger partial charge in [0.15, 0.2) is 0 Å². The second-order valence-electron chi connectivity index (χ2n) is 8.34. The first-order valence-electron chi connectivity index (χ1n) is 7.75. The summed E-state index contributed by atoms with van der Waals surface area (Å²) < 4.78 is 5.55. The van der Waals surface area contributed by atoms with E-state index in [1.807, 2.05) is 27.7 Å². The van der Waals surface area contributed by atoms with E-state index in [4.69, 9.17) is 10.5 Å². The summed E-state index contributed by atoms with van der Waals surface area (Å²) in [5.74, 6) is 0. The highest BCUT2D eigenvalue weighted by Crippen LogP contribution is 2.39. The molecule has 5 heteroatoms. The molecular formula is C16H32N2O3. The average Bonchev–Trinajstić information content (AvgIpc) is 2.34. The number of aliphatic hydroxyl groups is 1. The number of carbonyl (C=O) groups excluding carboxylic acids is 1. The van der Waals surface area contributed by atoms with Crippen LogP contribution in [-0.4, -0.2) is 47.4 Å². The third kappa shape index (κ3) is 4.58. The van der Waals surface area contributed by atoms with E-state index >= 15 is 0 Å². The minimum absolute atomic E-state index is 0.0338. The van der Waals surface area contributed by atoms with Crippen LogP contribution in [-0.2, 0) is 4.74 Å². The lowest BCUT2D eigenvalue weighted by Gasteiger charge is -2.50. The lowest BCUT2D eigenvalue weighted by Crippen LogP contribution is -2.59. The fourth-order valence-corrected chi connectivity index (χ4v) is 2.88. The van der Waals surface area contributed by atoms with Crippen LogP contribution in [0.15, 0.2) is 0 Å². The minimum Gasteiger partial charge on any atom is -0.444 e. The first kappa shape index (κ1) is 18.2. The molecule has 1 aliphatic heterocycles. The Morgan fingerprint density at radius 1 is 1.38 bits per heavy atom. The van der Waals surface area contributed by atoms with Crippen LogP contribution >= 0.6 is 0 Å². The number of aliphatic hydroxyl groups excluding tert-OH is 1. The van der Waals surface area contributed by atoms with E-state index in [-0.39, 0.29) is 24.2 Å². The molecule has 3 N–H and O–H groups in total. The molecule has 1 aliphatic rings. The Bertz CT molecular complexity index is 370. The van der Waals surface area contributed by atoms with Gasteiger partial charge in [0, 0.05) is 24.5 Å². The van der Waals surface area contributed by atoms with Gasteiger partial charge in [0.25, 0.3) is 0 Å². The zero-order valence-corrected chi connectivity index (χ0v) is 14.4. The lowest BCUT2D eigenvalue weighted by atomic mass is 9.72. The summed E-state index contributed by atoms with van der Waals surface area (Å²) in [7, 11) is 0. The second kappa shape index (κ2) is 6.13. The van der Waals surface area contributed by atoms with E-state index in [9.17, 15) is 9.90 Å². The normalized spacial score (nSPS) is 25.3. The third-order valence-corrected chi connectivity index (χ3v) is 4.33. The quantitative estimate of drug-likeness (QED) is 0.839. The van der Waals surface area contributed by atoms with Gasteiger partial charge < -0.3 is 20.5 Å². The van der Waals surface area contributed by atoms with Crippen molar-refractivity contribution in [2.24, 2.45) is 16.6 Å². The molecule has 21 heavy (non-hydrogen) atoms. The maximum atomic E-state index is 12.6. The summed E-state index contributed by atoms with van der Waals surface area (Å²) in [5.41, 5.74) is 4.90. The molecule has 0 aliphatic carbocycles. The van der Waals surface area contributed by atoms with Crippen LogP contribution in [0.2, 0.25) is 0 Å². The van der Waals surface area contributed by atoms with Crippen molar-refractivity contribution in [2.75, 3.05) is 19.7 Å². The van der Waals surface area contributed by atoms with Crippen LogP contribution in [0.3, 0.4) is 0 Å². The van der Waals surface area contributed by atoms with E-state index < -0.39 is 11.0 Å². The Labute approximate surface area is 128 Å². The number of carbonyl (C=O) groups is 1. The maximum Gasteiger partial charge on any atom is 0.410 e. The molecule has 1 rings (SSSR count). The molecule has 5 nitrogen and oxygen atoms in total. The topological polar surface area (TPSA) is 75.8 Å². The predicted molar refractivity (Wildman–Crippen MR) is 84.0 cm³/mol. The van der Waals surface area contributed by atoms with Gasteiger partial charge >= 0.3 is 6.09 Å². The van der Waals surface area contributed by atoms with Gasteiger partial charge in [-0.15, -0.1) is 0 Å². The summed E-state index contributed by atoms with van der Waals surface area (Å²) in [6.45, 7) is 12.8. The summed E-state index contributed by atoms with van der Waals surface area (Å²) in [4.78, 5) is 14.3. The number of nitrogens with two attached hydrogens (primary N) is 1. The second-order valence-corrected chi connectivity index (χ2v) is 8.34. The average molecular weight is 300 g/mol. The largest absolute Gasteiger partial charge is 0.444 e. The zero-order chi connectivity index (χ0) is 16.5. The van der Waals surface area contributed by atoms with Crippen LogP contribution in [0, 0.1) is 10.8 Å². The van der Waals surface area contributed by atoms with Crippen molar-refractivity contribution in [2.45, 2.75) is 66.0 Å². The van der Waals surface area contributed by atoms with Gasteiger partial charge in [-0.2, -0.15) is 0 Å². The smallest absolute Gasteiger partial charge is 0.410 e. The SMILES string of the molecule is CC1(C)CCC(C(C)(CN)CO)N(C(=O)OC(C)(C)C)C1. The van der Waals surface area contributed by atoms with Gasteiger partial charge in [-0.3, -0.25) is 0 Å². The molecule has 0 aromatic heterocycles. The highest BCUT2D eigenvalue weighted by Gasteiger charge is 2.45. The van der Waals surface area contributed by atoms with Crippen molar-refractivity contribution in [1.82, 2.24) is 4.90 Å². The Balaban J connectivity index is 3.03. The molecule has 0 aromatic carbocycles. The number of ether oxygens (including phenoxy) is 1.